The molecule has 1 saturated carbocycles. The van der Waals surface area contributed by atoms with E-state index in [4.69, 9.17) is 28.4 Å². The molecule has 0 amide bonds. The van der Waals surface area contributed by atoms with Crippen molar-refractivity contribution in [3.63, 3.8) is 0 Å². The predicted molar refractivity (Wildman–Crippen MR) is 145 cm³/mol. The summed E-state index contributed by atoms with van der Waals surface area (Å²) < 4.78 is 36.3. The molecule has 2 aliphatic carbocycles. The Morgan fingerprint density at radius 3 is 2.59 bits per heavy atom. The van der Waals surface area contributed by atoms with E-state index < -0.39 is 64.9 Å². The Balaban J connectivity index is 1.55. The molecular formula is C31H40O10. The highest BCUT2D eigenvalue weighted by molar-refractivity contribution is 5.83. The average Bonchev–Trinajstić information content (AvgIpc) is 3.67. The number of hydrogen-bond acceptors (Lipinski definition) is 10. The van der Waals surface area contributed by atoms with Crippen LogP contribution in [-0.2, 0) is 42.8 Å². The van der Waals surface area contributed by atoms with Gasteiger partial charge in [0.2, 0.25) is 0 Å². The van der Waals surface area contributed by atoms with Gasteiger partial charge in [-0.05, 0) is 32.8 Å². The van der Waals surface area contributed by atoms with E-state index in [0.717, 1.165) is 11.1 Å². The predicted octanol–water partition coefficient (Wildman–Crippen LogP) is 2.88. The molecule has 10 nitrogen and oxygen atoms in total. The highest BCUT2D eigenvalue weighted by atomic mass is 16.6. The SMILES string of the molecule is CC(=O)O[C@H]1C[C@@]23COC(=O)C=C(C)CCOC(C(C)O)C=CC=CC(=O)O[C@@H]4C[C@@H](O[C@@H]2C=C1C)C1(CO1)[C@]43C. The summed E-state index contributed by atoms with van der Waals surface area (Å²) in [6.45, 7) is 9.36. The Labute approximate surface area is 240 Å². The lowest BCUT2D eigenvalue weighted by atomic mass is 9.51. The van der Waals surface area contributed by atoms with E-state index in [1.807, 2.05) is 26.8 Å². The number of carbonyl (C=O) groups is 3. The average molecular weight is 573 g/mol. The van der Waals surface area contributed by atoms with E-state index in [9.17, 15) is 19.5 Å². The van der Waals surface area contributed by atoms with Crippen molar-refractivity contribution >= 4 is 17.9 Å². The van der Waals surface area contributed by atoms with Crippen molar-refractivity contribution in [1.29, 1.82) is 0 Å². The molecule has 2 saturated heterocycles. The van der Waals surface area contributed by atoms with E-state index in [1.165, 1.54) is 19.1 Å². The van der Waals surface area contributed by atoms with Crippen LogP contribution in [0.15, 0.2) is 47.6 Å². The molecule has 5 rings (SSSR count). The molecule has 9 atom stereocenters. The number of aliphatic hydroxyl groups excluding tert-OH is 1. The van der Waals surface area contributed by atoms with Crippen LogP contribution in [0.3, 0.4) is 0 Å². The molecule has 0 aromatic heterocycles. The summed E-state index contributed by atoms with van der Waals surface area (Å²) in [5, 5.41) is 10.1. The summed E-state index contributed by atoms with van der Waals surface area (Å²) >= 11 is 0. The largest absolute Gasteiger partial charge is 0.462 e. The number of hydrogen-bond donors (Lipinski definition) is 1. The summed E-state index contributed by atoms with van der Waals surface area (Å²) in [5.41, 5.74) is -0.846. The summed E-state index contributed by atoms with van der Waals surface area (Å²) in [4.78, 5) is 38.2. The molecule has 3 aliphatic heterocycles. The van der Waals surface area contributed by atoms with E-state index in [-0.39, 0.29) is 19.3 Å². The molecule has 41 heavy (non-hydrogen) atoms. The molecule has 0 aromatic carbocycles. The van der Waals surface area contributed by atoms with Crippen LogP contribution in [0.1, 0.15) is 53.9 Å². The number of carbonyl (C=O) groups excluding carboxylic acids is 3. The Morgan fingerprint density at radius 1 is 1.15 bits per heavy atom. The minimum atomic E-state index is -0.916. The van der Waals surface area contributed by atoms with Gasteiger partial charge in [0.25, 0.3) is 0 Å². The van der Waals surface area contributed by atoms with Crippen molar-refractivity contribution in [2.24, 2.45) is 10.8 Å². The van der Waals surface area contributed by atoms with Gasteiger partial charge < -0.3 is 33.5 Å². The van der Waals surface area contributed by atoms with Crippen molar-refractivity contribution in [1.82, 2.24) is 0 Å². The molecule has 1 N–H and O–H groups in total. The van der Waals surface area contributed by atoms with Crippen LogP contribution in [-0.4, -0.2) is 85.1 Å². The molecule has 5 aliphatic rings. The van der Waals surface area contributed by atoms with Crippen molar-refractivity contribution in [2.45, 2.75) is 96.1 Å². The Kier molecular flexibility index (Phi) is 8.06. The fourth-order valence-corrected chi connectivity index (χ4v) is 7.17. The minimum absolute atomic E-state index is 0.0522. The van der Waals surface area contributed by atoms with E-state index in [0.29, 0.717) is 25.9 Å². The fourth-order valence-electron chi connectivity index (χ4n) is 7.17. The lowest BCUT2D eigenvalue weighted by Crippen LogP contribution is -2.68. The van der Waals surface area contributed by atoms with Crippen molar-refractivity contribution < 1.29 is 47.9 Å². The molecule has 224 valence electrons. The van der Waals surface area contributed by atoms with Crippen molar-refractivity contribution in [2.75, 3.05) is 19.8 Å². The maximum Gasteiger partial charge on any atom is 0.331 e. The summed E-state index contributed by atoms with van der Waals surface area (Å²) in [7, 11) is 0. The number of epoxide rings is 1. The Morgan fingerprint density at radius 2 is 1.90 bits per heavy atom. The van der Waals surface area contributed by atoms with Gasteiger partial charge >= 0.3 is 17.9 Å². The van der Waals surface area contributed by atoms with Gasteiger partial charge in [-0.1, -0.05) is 36.8 Å². The molecule has 0 aromatic rings. The zero-order valence-corrected chi connectivity index (χ0v) is 24.3. The van der Waals surface area contributed by atoms with Crippen LogP contribution in [0, 0.1) is 10.8 Å². The van der Waals surface area contributed by atoms with Gasteiger partial charge in [0, 0.05) is 31.9 Å². The van der Waals surface area contributed by atoms with Gasteiger partial charge in [0.15, 0.2) is 0 Å². The van der Waals surface area contributed by atoms with Crippen LogP contribution in [0.25, 0.3) is 0 Å². The monoisotopic (exact) mass is 572 g/mol. The zero-order chi connectivity index (χ0) is 29.6. The number of allylic oxidation sites excluding steroid dienone is 2. The molecule has 10 heteroatoms. The van der Waals surface area contributed by atoms with Crippen LogP contribution >= 0.6 is 0 Å². The number of ether oxygens (including phenoxy) is 6. The lowest BCUT2D eigenvalue weighted by molar-refractivity contribution is -0.239. The normalized spacial score (nSPS) is 41.7. The van der Waals surface area contributed by atoms with Crippen LogP contribution in [0.2, 0.25) is 0 Å². The second kappa shape index (κ2) is 11.1. The quantitative estimate of drug-likeness (QED) is 0.228. The molecule has 3 heterocycles. The van der Waals surface area contributed by atoms with Crippen molar-refractivity contribution in [3.05, 3.63) is 47.6 Å². The second-order valence-corrected chi connectivity index (χ2v) is 12.1. The topological polar surface area (TPSA) is 130 Å². The van der Waals surface area contributed by atoms with Gasteiger partial charge in [-0.15, -0.1) is 0 Å². The molecule has 3 unspecified atom stereocenters. The molecule has 0 radical (unpaired) electrons. The molecule has 2 spiro atoms. The van der Waals surface area contributed by atoms with Gasteiger partial charge in [0.1, 0.15) is 30.5 Å². The summed E-state index contributed by atoms with van der Waals surface area (Å²) in [6.07, 6.45) is 7.43. The van der Waals surface area contributed by atoms with Crippen molar-refractivity contribution in [3.8, 4) is 0 Å². The third-order valence-corrected chi connectivity index (χ3v) is 9.62. The fraction of sp³-hybridized carbons (Fsp3) is 0.645. The van der Waals surface area contributed by atoms with Gasteiger partial charge in [-0.2, -0.15) is 0 Å². The highest BCUT2D eigenvalue weighted by Crippen LogP contribution is 2.72. The smallest absolute Gasteiger partial charge is 0.331 e. The zero-order valence-electron chi connectivity index (χ0n) is 24.3. The van der Waals surface area contributed by atoms with Gasteiger partial charge in [-0.25, -0.2) is 9.59 Å². The van der Waals surface area contributed by atoms with E-state index in [1.54, 1.807) is 25.2 Å². The molecule has 3 fully saturated rings. The standard InChI is InChI=1S/C31H40O10/c1-18-10-11-36-22(20(3)32)8-6-7-9-27(34)41-24-14-26-31(17-38-31)29(24,5)30(16-37-28(35)12-18)15-23(39-21(4)33)19(2)13-25(30)40-26/h6-9,12-13,20,22-26,32H,10-11,14-17H2,1-5H3/t20?,22?,23-,24+,25+,26+,29+,30+,31?/m0/s1. The van der Waals surface area contributed by atoms with E-state index >= 15 is 0 Å². The van der Waals surface area contributed by atoms with Gasteiger partial charge in [-0.3, -0.25) is 4.79 Å². The Bertz CT molecular complexity index is 1190. The minimum Gasteiger partial charge on any atom is -0.462 e. The number of aliphatic hydroxyl groups is 1. The van der Waals surface area contributed by atoms with Gasteiger partial charge in [0.05, 0.1) is 42.4 Å². The first-order chi connectivity index (χ1) is 19.4. The number of esters is 3. The maximum atomic E-state index is 13.1. The summed E-state index contributed by atoms with van der Waals surface area (Å²) in [6, 6.07) is 0. The maximum absolute atomic E-state index is 13.1. The first kappa shape index (κ1) is 29.7. The molecular weight excluding hydrogens is 532 g/mol. The van der Waals surface area contributed by atoms with E-state index in [2.05, 4.69) is 0 Å². The number of cyclic esters (lactones) is 1. The Hall–Kier alpha value is -2.79. The lowest BCUT2D eigenvalue weighted by Gasteiger charge is -2.59. The highest BCUT2D eigenvalue weighted by Gasteiger charge is 2.83. The number of rotatable bonds is 2. The van der Waals surface area contributed by atoms with Crippen LogP contribution in [0.4, 0.5) is 0 Å². The van der Waals surface area contributed by atoms with Crippen LogP contribution in [0.5, 0.6) is 0 Å². The third kappa shape index (κ3) is 5.20. The summed E-state index contributed by atoms with van der Waals surface area (Å²) in [5.74, 6) is -1.48. The third-order valence-electron chi connectivity index (χ3n) is 9.62. The first-order valence-corrected chi connectivity index (χ1v) is 14.3. The first-order valence-electron chi connectivity index (χ1n) is 14.3. The molecule has 2 bridgehead atoms. The van der Waals surface area contributed by atoms with Crippen LogP contribution < -0.4 is 0 Å². The second-order valence-electron chi connectivity index (χ2n) is 12.1.